The van der Waals surface area contributed by atoms with Gasteiger partial charge in [0.1, 0.15) is 6.04 Å². The van der Waals surface area contributed by atoms with Crippen molar-refractivity contribution in [2.24, 2.45) is 5.73 Å². The van der Waals surface area contributed by atoms with Crippen LogP contribution in [-0.4, -0.2) is 29.7 Å². The summed E-state index contributed by atoms with van der Waals surface area (Å²) in [6.07, 6.45) is 0.0376. The zero-order valence-corrected chi connectivity index (χ0v) is 6.23. The van der Waals surface area contributed by atoms with E-state index in [1.807, 2.05) is 0 Å². The first kappa shape index (κ1) is 9.68. The Hall–Kier alpha value is -0.320. The van der Waals surface area contributed by atoms with E-state index < -0.39 is 18.1 Å². The van der Waals surface area contributed by atoms with Crippen LogP contribution in [0.25, 0.3) is 0 Å². The fraction of sp³-hybridized carbons (Fsp3) is 0.800. The van der Waals surface area contributed by atoms with E-state index in [1.165, 1.54) is 0 Å². The third-order valence-electron chi connectivity index (χ3n) is 1.50. The average Bonchev–Trinajstić information content (AvgIpc) is 2.13. The number of nitrogens with two attached hydrogens (primary N) is 1. The summed E-state index contributed by atoms with van der Waals surface area (Å²) in [6, 6.07) is -0.523. The van der Waals surface area contributed by atoms with Crippen LogP contribution in [0.3, 0.4) is 0 Å². The minimum absolute atomic E-state index is 0. The second-order valence-corrected chi connectivity index (χ2v) is 2.19. The molecule has 0 bridgehead atoms. The Labute approximate surface area is 65.2 Å². The van der Waals surface area contributed by atoms with Gasteiger partial charge in [-0.1, -0.05) is 0 Å². The highest BCUT2D eigenvalue weighted by Gasteiger charge is 2.28. The summed E-state index contributed by atoms with van der Waals surface area (Å²) < 4.78 is 0. The van der Waals surface area contributed by atoms with Gasteiger partial charge in [0.2, 0.25) is 5.91 Å². The fourth-order valence-corrected chi connectivity index (χ4v) is 0.980. The maximum Gasteiger partial charge on any atom is 0.237 e. The number of nitrogens with one attached hydrogen (secondary N) is 1. The summed E-state index contributed by atoms with van der Waals surface area (Å²) in [7, 11) is 0. The summed E-state index contributed by atoms with van der Waals surface area (Å²) >= 11 is 0. The molecule has 1 heterocycles. The molecule has 0 unspecified atom stereocenters. The number of carbonyl (C=O) groups is 1. The molecular formula is C5H11ClN2O2. The number of carbonyl (C=O) groups excluding carboxylic acids is 1. The lowest BCUT2D eigenvalue weighted by Gasteiger charge is -2.08. The van der Waals surface area contributed by atoms with Gasteiger partial charge in [-0.15, -0.1) is 12.4 Å². The first-order chi connectivity index (χ1) is 4.22. The second-order valence-electron chi connectivity index (χ2n) is 2.19. The lowest BCUT2D eigenvalue weighted by atomic mass is 10.2. The highest BCUT2D eigenvalue weighted by atomic mass is 35.5. The second kappa shape index (κ2) is 3.75. The molecule has 0 saturated carbocycles. The summed E-state index contributed by atoms with van der Waals surface area (Å²) in [5, 5.41) is 11.8. The third kappa shape index (κ3) is 1.83. The molecule has 0 aliphatic carbocycles. The molecule has 0 aromatic heterocycles. The van der Waals surface area contributed by atoms with Crippen molar-refractivity contribution < 1.29 is 9.90 Å². The van der Waals surface area contributed by atoms with Crippen LogP contribution in [0.1, 0.15) is 6.42 Å². The quantitative estimate of drug-likeness (QED) is 0.449. The number of aliphatic hydroxyl groups excluding tert-OH is 1. The van der Waals surface area contributed by atoms with Crippen LogP contribution in [0.5, 0.6) is 0 Å². The Morgan fingerprint density at radius 1 is 1.70 bits per heavy atom. The van der Waals surface area contributed by atoms with Crippen molar-refractivity contribution in [3.8, 4) is 0 Å². The average molecular weight is 167 g/mol. The third-order valence-corrected chi connectivity index (χ3v) is 1.50. The number of primary amides is 1. The van der Waals surface area contributed by atoms with Crippen molar-refractivity contribution in [3.05, 3.63) is 0 Å². The number of halogens is 1. The van der Waals surface area contributed by atoms with E-state index in [-0.39, 0.29) is 12.4 Å². The first-order valence-electron chi connectivity index (χ1n) is 2.92. The highest BCUT2D eigenvalue weighted by Crippen LogP contribution is 2.04. The van der Waals surface area contributed by atoms with Gasteiger partial charge in [0, 0.05) is 0 Å². The SMILES string of the molecule is Cl.NC(=O)[C@H]1NCC[C@@H]1O. The number of rotatable bonds is 1. The maximum absolute atomic E-state index is 10.4. The molecule has 1 amide bonds. The van der Waals surface area contributed by atoms with E-state index in [1.54, 1.807) is 0 Å². The van der Waals surface area contributed by atoms with E-state index in [4.69, 9.17) is 10.8 Å². The molecule has 1 aliphatic heterocycles. The van der Waals surface area contributed by atoms with Crippen molar-refractivity contribution in [1.82, 2.24) is 5.32 Å². The maximum atomic E-state index is 10.4. The van der Waals surface area contributed by atoms with E-state index in [2.05, 4.69) is 5.32 Å². The van der Waals surface area contributed by atoms with E-state index in [9.17, 15) is 4.79 Å². The molecule has 10 heavy (non-hydrogen) atoms. The molecule has 1 fully saturated rings. The molecule has 1 rings (SSSR count). The summed E-state index contributed by atoms with van der Waals surface area (Å²) in [5.74, 6) is -0.472. The highest BCUT2D eigenvalue weighted by molar-refractivity contribution is 5.85. The molecule has 4 nitrogen and oxygen atoms in total. The lowest BCUT2D eigenvalue weighted by molar-refractivity contribution is -0.121. The van der Waals surface area contributed by atoms with Gasteiger partial charge < -0.3 is 16.2 Å². The van der Waals surface area contributed by atoms with Crippen molar-refractivity contribution in [1.29, 1.82) is 0 Å². The Balaban J connectivity index is 0.000000810. The Bertz CT molecular complexity index is 131. The smallest absolute Gasteiger partial charge is 0.237 e. The Morgan fingerprint density at radius 2 is 2.30 bits per heavy atom. The Kier molecular flexibility index (Phi) is 3.63. The van der Waals surface area contributed by atoms with Crippen LogP contribution in [0.15, 0.2) is 0 Å². The zero-order valence-electron chi connectivity index (χ0n) is 5.41. The van der Waals surface area contributed by atoms with Gasteiger partial charge in [-0.05, 0) is 13.0 Å². The van der Waals surface area contributed by atoms with Gasteiger partial charge in [0.05, 0.1) is 6.10 Å². The molecule has 4 N–H and O–H groups in total. The molecule has 0 aromatic carbocycles. The van der Waals surface area contributed by atoms with E-state index in [0.717, 1.165) is 0 Å². The Morgan fingerprint density at radius 3 is 2.50 bits per heavy atom. The van der Waals surface area contributed by atoms with Gasteiger partial charge in [0.25, 0.3) is 0 Å². The lowest BCUT2D eigenvalue weighted by Crippen LogP contribution is -2.42. The predicted octanol–water partition coefficient (Wildman–Crippen LogP) is -1.38. The van der Waals surface area contributed by atoms with Crippen LogP contribution < -0.4 is 11.1 Å². The topological polar surface area (TPSA) is 75.4 Å². The molecule has 0 aromatic rings. The predicted molar refractivity (Wildman–Crippen MR) is 38.9 cm³/mol. The number of aliphatic hydroxyl groups is 1. The van der Waals surface area contributed by atoms with Crippen LogP contribution in [0.2, 0.25) is 0 Å². The summed E-state index contributed by atoms with van der Waals surface area (Å²) in [6.45, 7) is 0.675. The molecule has 0 radical (unpaired) electrons. The van der Waals surface area contributed by atoms with Crippen molar-refractivity contribution in [3.63, 3.8) is 0 Å². The molecule has 2 atom stereocenters. The van der Waals surface area contributed by atoms with Crippen LogP contribution >= 0.6 is 12.4 Å². The summed E-state index contributed by atoms with van der Waals surface area (Å²) in [5.41, 5.74) is 4.93. The normalized spacial score (nSPS) is 31.3. The van der Waals surface area contributed by atoms with Crippen LogP contribution in [0.4, 0.5) is 0 Å². The van der Waals surface area contributed by atoms with Gasteiger partial charge in [-0.25, -0.2) is 0 Å². The van der Waals surface area contributed by atoms with Crippen molar-refractivity contribution >= 4 is 18.3 Å². The molecular weight excluding hydrogens is 156 g/mol. The van der Waals surface area contributed by atoms with Crippen LogP contribution in [-0.2, 0) is 4.79 Å². The zero-order chi connectivity index (χ0) is 6.85. The monoisotopic (exact) mass is 166 g/mol. The van der Waals surface area contributed by atoms with Crippen LogP contribution in [0, 0.1) is 0 Å². The minimum Gasteiger partial charge on any atom is -0.391 e. The minimum atomic E-state index is -0.581. The largest absolute Gasteiger partial charge is 0.391 e. The first-order valence-corrected chi connectivity index (χ1v) is 2.92. The number of hydrogen-bond acceptors (Lipinski definition) is 3. The molecule has 5 heteroatoms. The van der Waals surface area contributed by atoms with Gasteiger partial charge in [-0.3, -0.25) is 4.79 Å². The molecule has 60 valence electrons. The van der Waals surface area contributed by atoms with Gasteiger partial charge in [-0.2, -0.15) is 0 Å². The standard InChI is InChI=1S/C5H10N2O2.ClH/c6-5(9)4-3(8)1-2-7-4;/h3-4,7-8H,1-2H2,(H2,6,9);1H/t3-,4-;/m0./s1. The number of amides is 1. The molecule has 1 aliphatic rings. The van der Waals surface area contributed by atoms with E-state index in [0.29, 0.717) is 13.0 Å². The van der Waals surface area contributed by atoms with Gasteiger partial charge in [0.15, 0.2) is 0 Å². The summed E-state index contributed by atoms with van der Waals surface area (Å²) in [4.78, 5) is 10.4. The fourth-order valence-electron chi connectivity index (χ4n) is 0.980. The molecule has 1 saturated heterocycles. The van der Waals surface area contributed by atoms with Crippen molar-refractivity contribution in [2.45, 2.75) is 18.6 Å². The van der Waals surface area contributed by atoms with E-state index >= 15 is 0 Å². The number of hydrogen-bond donors (Lipinski definition) is 3. The van der Waals surface area contributed by atoms with Crippen molar-refractivity contribution in [2.75, 3.05) is 6.54 Å². The molecule has 0 spiro atoms. The van der Waals surface area contributed by atoms with Gasteiger partial charge >= 0.3 is 0 Å².